The molecule has 0 rings (SSSR count). The molecule has 4 heavy (non-hydrogen) atoms. The Morgan fingerprint density at radius 2 is 0.750 bits per heavy atom. The molecule has 0 aromatic rings. The van der Waals surface area contributed by atoms with Crippen LogP contribution in [-0.2, 0) is 0 Å². The van der Waals surface area contributed by atoms with Crippen molar-refractivity contribution in [2.45, 2.75) is 0 Å². The summed E-state index contributed by atoms with van der Waals surface area (Å²) in [4.78, 5) is 0. The van der Waals surface area contributed by atoms with Gasteiger partial charge in [0.15, 0.2) is 0 Å². The molecule has 0 bridgehead atoms. The third kappa shape index (κ3) is 8.93. The molecule has 0 saturated carbocycles. The Balaban J connectivity index is 0. The fourth-order valence-corrected chi connectivity index (χ4v) is 0. The average molecular weight is 229 g/mol. The van der Waals surface area contributed by atoms with Gasteiger partial charge in [0.2, 0.25) is 0 Å². The van der Waals surface area contributed by atoms with Crippen molar-refractivity contribution in [2.75, 3.05) is 0 Å². The predicted molar refractivity (Wildman–Crippen MR) is 28.1 cm³/mol. The van der Waals surface area contributed by atoms with Gasteiger partial charge in [-0.25, -0.2) is 0 Å². The van der Waals surface area contributed by atoms with Crippen LogP contribution >= 0.6 is 24.8 Å². The van der Waals surface area contributed by atoms with E-state index in [4.69, 9.17) is 0 Å². The first-order valence-electron chi connectivity index (χ1n) is 0. The summed E-state index contributed by atoms with van der Waals surface area (Å²) in [5, 5.41) is 0. The van der Waals surface area contributed by atoms with Crippen LogP contribution in [0.5, 0.6) is 0 Å². The zero-order chi connectivity index (χ0) is 0. The van der Waals surface area contributed by atoms with Gasteiger partial charge in [0.1, 0.15) is 0 Å². The summed E-state index contributed by atoms with van der Waals surface area (Å²) < 4.78 is 0. The van der Waals surface area contributed by atoms with E-state index in [2.05, 4.69) is 0 Å². The van der Waals surface area contributed by atoms with E-state index in [1.165, 1.54) is 0 Å². The maximum absolute atomic E-state index is 0. The van der Waals surface area contributed by atoms with Crippen molar-refractivity contribution >= 4 is 73.7 Å². The first-order valence-corrected chi connectivity index (χ1v) is 0. The normalized spacial score (nSPS) is 0. The molecule has 0 aliphatic heterocycles. The van der Waals surface area contributed by atoms with Crippen LogP contribution in [-0.4, -0.2) is 48.9 Å². The van der Waals surface area contributed by atoms with Gasteiger partial charge in [0, 0.05) is 0 Å². The first kappa shape index (κ1) is 35.8. The molecule has 0 aliphatic rings. The van der Waals surface area contributed by atoms with Crippen LogP contribution in [0.2, 0.25) is 0 Å². The minimum absolute atomic E-state index is 0. The molecule has 0 radical (unpaired) electrons. The second-order valence-electron chi connectivity index (χ2n) is 0. The molecule has 3 N–H and O–H groups in total. The van der Waals surface area contributed by atoms with Crippen molar-refractivity contribution in [1.82, 2.24) is 6.15 Å². The zero-order valence-corrected chi connectivity index (χ0v) is 3.16. The van der Waals surface area contributed by atoms with Gasteiger partial charge in [-0.3, -0.25) is 0 Å². The van der Waals surface area contributed by atoms with E-state index in [0.29, 0.717) is 0 Å². The van der Waals surface area contributed by atoms with Crippen molar-refractivity contribution in [2.24, 2.45) is 0 Å². The van der Waals surface area contributed by atoms with Crippen LogP contribution in [0.4, 0.5) is 0 Å². The Hall–Kier alpha value is 2.11. The van der Waals surface area contributed by atoms with E-state index < -0.39 is 0 Å². The minimum atomic E-state index is 0. The van der Waals surface area contributed by atoms with E-state index >= 15 is 0 Å². The molecule has 0 atom stereocenters. The summed E-state index contributed by atoms with van der Waals surface area (Å²) in [7, 11) is 0. The molecular weight excluding hydrogens is 222 g/mol. The molecule has 0 unspecified atom stereocenters. The van der Waals surface area contributed by atoms with Gasteiger partial charge in [-0.1, -0.05) is 0 Å². The number of hydrogen-bond donors (Lipinski definition) is 1. The summed E-state index contributed by atoms with van der Waals surface area (Å²) in [6.07, 6.45) is 0. The van der Waals surface area contributed by atoms with E-state index in [1.54, 1.807) is 0 Å². The van der Waals surface area contributed by atoms with Crippen molar-refractivity contribution in [3.63, 3.8) is 0 Å². The molecule has 0 aromatic heterocycles. The zero-order valence-electron chi connectivity index (χ0n) is 1.52. The number of hydrogen-bond acceptors (Lipinski definition) is 1. The fraction of sp³-hybridized carbons (Fsp3) is 0. The molecule has 0 fully saturated rings. The third-order valence-corrected chi connectivity index (χ3v) is 0. The molecular formula is H7BaCl2N. The molecule has 0 aromatic carbocycles. The van der Waals surface area contributed by atoms with Gasteiger partial charge in [0.05, 0.1) is 0 Å². The van der Waals surface area contributed by atoms with E-state index in [0.717, 1.165) is 0 Å². The van der Waals surface area contributed by atoms with Crippen LogP contribution in [0.3, 0.4) is 0 Å². The van der Waals surface area contributed by atoms with Crippen LogP contribution in [0, 0.1) is 0 Å². The molecule has 0 heterocycles. The molecule has 0 aliphatic carbocycles. The molecule has 0 spiro atoms. The molecule has 4 heteroatoms. The van der Waals surface area contributed by atoms with E-state index in [9.17, 15) is 0 Å². The van der Waals surface area contributed by atoms with Crippen LogP contribution in [0.15, 0.2) is 0 Å². The quantitative estimate of drug-likeness (QED) is 0.587. The summed E-state index contributed by atoms with van der Waals surface area (Å²) in [6, 6.07) is 0. The summed E-state index contributed by atoms with van der Waals surface area (Å²) in [6.45, 7) is 0. The first-order chi connectivity index (χ1) is 0. The standard InChI is InChI=1S/Ba.2ClH.H3N.2H/h;2*1H;1H3;;. The Kier molecular flexibility index (Phi) is 174. The van der Waals surface area contributed by atoms with E-state index in [-0.39, 0.29) is 79.8 Å². The molecule has 0 saturated heterocycles. The summed E-state index contributed by atoms with van der Waals surface area (Å²) in [5.41, 5.74) is 0. The number of halogens is 2. The Bertz CT molecular complexity index is 6.00. The summed E-state index contributed by atoms with van der Waals surface area (Å²) >= 11 is 0. The van der Waals surface area contributed by atoms with Crippen LogP contribution in [0.1, 0.15) is 0 Å². The van der Waals surface area contributed by atoms with Gasteiger partial charge in [-0.15, -0.1) is 24.8 Å². The van der Waals surface area contributed by atoms with Gasteiger partial charge >= 0.3 is 48.9 Å². The number of rotatable bonds is 0. The molecule has 28 valence electrons. The van der Waals surface area contributed by atoms with Crippen molar-refractivity contribution in [1.29, 1.82) is 0 Å². The predicted octanol–water partition coefficient (Wildman–Crippen LogP) is 0.0894. The average Bonchev–Trinajstić information content (AvgIpc) is 0. The second-order valence-corrected chi connectivity index (χ2v) is 0. The maximum atomic E-state index is 0. The van der Waals surface area contributed by atoms with Gasteiger partial charge in [-0.2, -0.15) is 0 Å². The van der Waals surface area contributed by atoms with Gasteiger partial charge < -0.3 is 6.15 Å². The van der Waals surface area contributed by atoms with Crippen molar-refractivity contribution < 1.29 is 0 Å². The van der Waals surface area contributed by atoms with Crippen molar-refractivity contribution in [3.8, 4) is 0 Å². The fourth-order valence-electron chi connectivity index (χ4n) is 0. The Morgan fingerprint density at radius 3 is 0.750 bits per heavy atom. The van der Waals surface area contributed by atoms with Gasteiger partial charge in [-0.05, 0) is 0 Å². The molecule has 0 amide bonds. The second kappa shape index (κ2) is 19.4. The van der Waals surface area contributed by atoms with Gasteiger partial charge in [0.25, 0.3) is 0 Å². The van der Waals surface area contributed by atoms with E-state index in [1.807, 2.05) is 0 Å². The summed E-state index contributed by atoms with van der Waals surface area (Å²) in [5.74, 6) is 0. The Labute approximate surface area is 78.4 Å². The van der Waals surface area contributed by atoms with Crippen LogP contribution in [0.25, 0.3) is 0 Å². The molecule has 1 nitrogen and oxygen atoms in total. The topological polar surface area (TPSA) is 35.0 Å². The third-order valence-electron chi connectivity index (χ3n) is 0. The SMILES string of the molecule is Cl.Cl.N.[BaH2]. The van der Waals surface area contributed by atoms with Crippen molar-refractivity contribution in [3.05, 3.63) is 0 Å². The Morgan fingerprint density at radius 1 is 0.750 bits per heavy atom. The van der Waals surface area contributed by atoms with Crippen LogP contribution < -0.4 is 6.15 Å². The monoisotopic (exact) mass is 229 g/mol.